The summed E-state index contributed by atoms with van der Waals surface area (Å²) in [7, 11) is 0. The molecule has 0 atom stereocenters. The van der Waals surface area contributed by atoms with Crippen LogP contribution in [0.15, 0.2) is 0 Å². The number of hydrogen-bond acceptors (Lipinski definition) is 2. The molecule has 0 heterocycles. The maximum absolute atomic E-state index is 6.00. The summed E-state index contributed by atoms with van der Waals surface area (Å²) < 4.78 is 0. The van der Waals surface area contributed by atoms with Crippen molar-refractivity contribution in [3.8, 4) is 0 Å². The first kappa shape index (κ1) is 89.5. The van der Waals surface area contributed by atoms with E-state index in [1.54, 1.807) is 0 Å². The van der Waals surface area contributed by atoms with Crippen molar-refractivity contribution in [2.75, 3.05) is 0 Å². The van der Waals surface area contributed by atoms with Gasteiger partial charge in [-0.15, -0.1) is 0 Å². The second-order valence-electron chi connectivity index (χ2n) is 0. The molecule has 0 aromatic heterocycles. The van der Waals surface area contributed by atoms with Crippen molar-refractivity contribution < 1.29 is 26.9 Å². The van der Waals surface area contributed by atoms with E-state index in [1.165, 1.54) is 0 Å². The largest absolute Gasteiger partial charge is 0.412 e. The minimum absolute atomic E-state index is 0. The van der Waals surface area contributed by atoms with Crippen LogP contribution in [0.2, 0.25) is 0 Å². The third-order valence-corrected chi connectivity index (χ3v) is 0. The Hall–Kier alpha value is 2.02. The fourth-order valence-corrected chi connectivity index (χ4v) is 0. The van der Waals surface area contributed by atoms with Gasteiger partial charge in [-0.25, -0.2) is 0 Å². The Morgan fingerprint density at radius 1 is 0.625 bits per heavy atom. The Bertz CT molecular complexity index is 10.4. The molecule has 0 aliphatic heterocycles. The summed E-state index contributed by atoms with van der Waals surface area (Å²) >= 11 is 0. The minimum Gasteiger partial charge on any atom is -0.412 e. The normalized spacial score (nSPS) is 0.750. The van der Waals surface area contributed by atoms with Crippen LogP contribution in [0.3, 0.4) is 0 Å². The average molecular weight is 162 g/mol. The summed E-state index contributed by atoms with van der Waals surface area (Å²) in [4.78, 5) is 0. The average Bonchev–Trinajstić information content (AvgIpc) is 1.00. The molecule has 0 spiro atoms. The van der Waals surface area contributed by atoms with E-state index in [0.717, 1.165) is 0 Å². The zero-order chi connectivity index (χ0) is 2.00. The monoisotopic (exact) mass is 162 g/mol. The third-order valence-electron chi connectivity index (χ3n) is 0. The SMILES string of the molecule is O.O.O.OO.[Na].[Na].[Si]. The van der Waals surface area contributed by atoms with Gasteiger partial charge in [0.2, 0.25) is 0 Å². The first-order valence-corrected chi connectivity index (χ1v) is 0.200. The van der Waals surface area contributed by atoms with Crippen molar-refractivity contribution in [1.29, 1.82) is 0 Å². The van der Waals surface area contributed by atoms with Crippen molar-refractivity contribution in [3.05, 3.63) is 0 Å². The van der Waals surface area contributed by atoms with Crippen molar-refractivity contribution in [1.82, 2.24) is 0 Å². The summed E-state index contributed by atoms with van der Waals surface area (Å²) in [6.07, 6.45) is 0. The predicted molar refractivity (Wildman–Crippen MR) is 33.4 cm³/mol. The number of hydrogen-bond donors (Lipinski definition) is 2. The molecular weight excluding hydrogens is 154 g/mol. The van der Waals surface area contributed by atoms with Crippen LogP contribution in [0, 0.1) is 0 Å². The first-order chi connectivity index (χ1) is 1.00. The molecule has 0 unspecified atom stereocenters. The Morgan fingerprint density at radius 2 is 0.625 bits per heavy atom. The van der Waals surface area contributed by atoms with Crippen LogP contribution in [0.5, 0.6) is 0 Å². The fourth-order valence-electron chi connectivity index (χ4n) is 0. The van der Waals surface area contributed by atoms with Gasteiger partial charge in [-0.3, -0.25) is 10.5 Å². The molecule has 0 amide bonds. The Labute approximate surface area is 95.9 Å². The zero-order valence-electron chi connectivity index (χ0n) is 4.89. The van der Waals surface area contributed by atoms with E-state index in [2.05, 4.69) is 0 Å². The molecule has 0 aromatic rings. The van der Waals surface area contributed by atoms with Gasteiger partial charge in [-0.2, -0.15) is 0 Å². The van der Waals surface area contributed by atoms with Gasteiger partial charge < -0.3 is 16.4 Å². The standard InChI is InChI=1S/2Na.H2O2.3H2O.Si/c;;1-2;;;;/h;;1-2H;3*1H2;. The summed E-state index contributed by atoms with van der Waals surface area (Å²) in [5.41, 5.74) is 0. The van der Waals surface area contributed by atoms with E-state index < -0.39 is 0 Å². The molecule has 0 saturated carbocycles. The second-order valence-corrected chi connectivity index (χ2v) is 0. The van der Waals surface area contributed by atoms with E-state index in [4.69, 9.17) is 10.5 Å². The van der Waals surface area contributed by atoms with E-state index in [9.17, 15) is 0 Å². The van der Waals surface area contributed by atoms with Crippen LogP contribution in [0.25, 0.3) is 0 Å². The number of rotatable bonds is 0. The first-order valence-electron chi connectivity index (χ1n) is 0.200. The van der Waals surface area contributed by atoms with Crippen LogP contribution in [-0.2, 0) is 0 Å². The third kappa shape index (κ3) is 97.0. The molecule has 0 aliphatic rings. The maximum Gasteiger partial charge on any atom is 0 e. The Kier molecular flexibility index (Phi) is 1590. The van der Waals surface area contributed by atoms with Crippen LogP contribution in [-0.4, -0.2) is 97.0 Å². The maximum atomic E-state index is 6.00. The van der Waals surface area contributed by atoms with E-state index in [1.807, 2.05) is 0 Å². The molecule has 0 fully saturated rings. The van der Waals surface area contributed by atoms with Crippen LogP contribution < -0.4 is 0 Å². The quantitative estimate of drug-likeness (QED) is 0.216. The van der Waals surface area contributed by atoms with Gasteiger partial charge in [-0.05, 0) is 0 Å². The molecule has 0 saturated heterocycles. The molecule has 0 aliphatic carbocycles. The van der Waals surface area contributed by atoms with Gasteiger partial charge in [0, 0.05) is 70.1 Å². The van der Waals surface area contributed by atoms with Crippen LogP contribution in [0.1, 0.15) is 0 Å². The van der Waals surface area contributed by atoms with E-state index in [-0.39, 0.29) is 86.5 Å². The molecule has 44 valence electrons. The van der Waals surface area contributed by atoms with Gasteiger partial charge in [0.05, 0.1) is 0 Å². The van der Waals surface area contributed by atoms with Gasteiger partial charge in [0.25, 0.3) is 0 Å². The summed E-state index contributed by atoms with van der Waals surface area (Å²) in [6, 6.07) is 0. The summed E-state index contributed by atoms with van der Waals surface area (Å²) in [5.74, 6) is 0. The molecule has 0 bridgehead atoms. The Balaban J connectivity index is -0.000000000333. The van der Waals surface area contributed by atoms with E-state index >= 15 is 0 Å². The predicted octanol–water partition coefficient (Wildman–Crippen LogP) is -3.60. The molecule has 8 heavy (non-hydrogen) atoms. The second kappa shape index (κ2) is 142. The van der Waals surface area contributed by atoms with E-state index in [0.29, 0.717) is 0 Å². The van der Waals surface area contributed by atoms with Gasteiger partial charge in [-0.1, -0.05) is 0 Å². The summed E-state index contributed by atoms with van der Waals surface area (Å²) in [6.45, 7) is 0. The van der Waals surface area contributed by atoms with Crippen molar-refractivity contribution >= 4 is 70.1 Å². The summed E-state index contributed by atoms with van der Waals surface area (Å²) in [5, 5.41) is 12.0. The molecule has 0 aromatic carbocycles. The van der Waals surface area contributed by atoms with Gasteiger partial charge in [0.15, 0.2) is 0 Å². The van der Waals surface area contributed by atoms with Crippen LogP contribution >= 0.6 is 0 Å². The van der Waals surface area contributed by atoms with Crippen molar-refractivity contribution in [2.45, 2.75) is 0 Å². The van der Waals surface area contributed by atoms with Crippen LogP contribution in [0.4, 0.5) is 0 Å². The molecule has 0 rings (SSSR count). The van der Waals surface area contributed by atoms with Crippen molar-refractivity contribution in [3.63, 3.8) is 0 Å². The molecule has 5 nitrogen and oxygen atoms in total. The fraction of sp³-hybridized carbons (Fsp3) is 0. The smallest absolute Gasteiger partial charge is 0 e. The topological polar surface area (TPSA) is 135 Å². The molecular formula is H8Na2O5Si. The van der Waals surface area contributed by atoms with Gasteiger partial charge in [0.1, 0.15) is 0 Å². The van der Waals surface area contributed by atoms with Crippen molar-refractivity contribution in [2.24, 2.45) is 0 Å². The Morgan fingerprint density at radius 3 is 0.625 bits per heavy atom. The molecule has 6 radical (unpaired) electrons. The zero-order valence-corrected chi connectivity index (χ0v) is 9.89. The minimum atomic E-state index is 0. The molecule has 8 heteroatoms. The molecule has 8 N–H and O–H groups in total. The van der Waals surface area contributed by atoms with Gasteiger partial charge >= 0.3 is 0 Å².